The van der Waals surface area contributed by atoms with Gasteiger partial charge in [0.15, 0.2) is 0 Å². The van der Waals surface area contributed by atoms with Crippen LogP contribution < -0.4 is 5.32 Å². The van der Waals surface area contributed by atoms with Crippen LogP contribution in [0.2, 0.25) is 0 Å². The van der Waals surface area contributed by atoms with E-state index in [-0.39, 0.29) is 0 Å². The van der Waals surface area contributed by atoms with Crippen molar-refractivity contribution >= 4 is 0 Å². The zero-order chi connectivity index (χ0) is 13.7. The van der Waals surface area contributed by atoms with E-state index in [0.717, 1.165) is 19.5 Å². The lowest BCUT2D eigenvalue weighted by Gasteiger charge is -2.13. The van der Waals surface area contributed by atoms with Crippen molar-refractivity contribution in [2.75, 3.05) is 0 Å². The minimum Gasteiger partial charge on any atom is -0.310 e. The summed E-state index contributed by atoms with van der Waals surface area (Å²) < 4.78 is 2.09. The number of benzene rings is 1. The van der Waals surface area contributed by atoms with Gasteiger partial charge in [0, 0.05) is 30.9 Å². The largest absolute Gasteiger partial charge is 0.310 e. The lowest BCUT2D eigenvalue weighted by Crippen LogP contribution is -2.22. The van der Waals surface area contributed by atoms with Gasteiger partial charge in [-0.05, 0) is 18.1 Å². The van der Waals surface area contributed by atoms with Crippen LogP contribution in [0.3, 0.4) is 0 Å². The third-order valence-electron chi connectivity index (χ3n) is 3.15. The molecule has 0 unspecified atom stereocenters. The second kappa shape index (κ2) is 6.53. The van der Waals surface area contributed by atoms with Crippen LogP contribution in [-0.2, 0) is 13.1 Å². The van der Waals surface area contributed by atoms with E-state index in [1.165, 1.54) is 16.8 Å². The Balaban J connectivity index is 2.30. The predicted molar refractivity (Wildman–Crippen MR) is 79.9 cm³/mol. The Morgan fingerprint density at radius 2 is 2.00 bits per heavy atom. The Labute approximate surface area is 115 Å². The first-order chi connectivity index (χ1) is 9.22. The molecular formula is C16H23N3. The van der Waals surface area contributed by atoms with Gasteiger partial charge in [-0.15, -0.1) is 0 Å². The molecule has 0 aliphatic heterocycles. The zero-order valence-corrected chi connectivity index (χ0v) is 12.1. The molecule has 0 radical (unpaired) electrons. The van der Waals surface area contributed by atoms with Gasteiger partial charge in [0.2, 0.25) is 0 Å². The minimum absolute atomic E-state index is 0.494. The highest BCUT2D eigenvalue weighted by atomic mass is 15.3. The molecule has 0 saturated heterocycles. The highest BCUT2D eigenvalue weighted by Crippen LogP contribution is 2.23. The Morgan fingerprint density at radius 3 is 2.74 bits per heavy atom. The number of nitrogens with zero attached hydrogens (tertiary/aromatic N) is 2. The summed E-state index contributed by atoms with van der Waals surface area (Å²) in [5.74, 6) is 0. The maximum absolute atomic E-state index is 4.41. The van der Waals surface area contributed by atoms with Crippen LogP contribution in [0, 0.1) is 0 Å². The Kier molecular flexibility index (Phi) is 4.74. The summed E-state index contributed by atoms with van der Waals surface area (Å²) in [7, 11) is 0. The van der Waals surface area contributed by atoms with Gasteiger partial charge in [0.1, 0.15) is 0 Å². The van der Waals surface area contributed by atoms with E-state index in [1.54, 1.807) is 0 Å². The van der Waals surface area contributed by atoms with E-state index in [0.29, 0.717) is 6.04 Å². The van der Waals surface area contributed by atoms with Crippen molar-refractivity contribution in [2.45, 2.75) is 46.3 Å². The minimum atomic E-state index is 0.494. The molecule has 102 valence electrons. The fraction of sp³-hybridized carbons (Fsp3) is 0.438. The first kappa shape index (κ1) is 13.8. The lowest BCUT2D eigenvalue weighted by atomic mass is 10.0. The monoisotopic (exact) mass is 257 g/mol. The smallest absolute Gasteiger partial charge is 0.0685 e. The van der Waals surface area contributed by atoms with Crippen molar-refractivity contribution in [1.82, 2.24) is 15.1 Å². The molecule has 0 atom stereocenters. The molecule has 1 N–H and O–H groups in total. The summed E-state index contributed by atoms with van der Waals surface area (Å²) >= 11 is 0. The first-order valence-corrected chi connectivity index (χ1v) is 7.05. The highest BCUT2D eigenvalue weighted by molar-refractivity contribution is 5.63. The van der Waals surface area contributed by atoms with E-state index >= 15 is 0 Å². The quantitative estimate of drug-likeness (QED) is 0.859. The number of nitrogens with one attached hydrogen (secondary N) is 1. The lowest BCUT2D eigenvalue weighted by molar-refractivity contribution is 0.587. The van der Waals surface area contributed by atoms with Crippen LogP contribution in [-0.4, -0.2) is 15.8 Å². The van der Waals surface area contributed by atoms with Crippen LogP contribution in [0.5, 0.6) is 0 Å². The molecule has 0 aliphatic carbocycles. The van der Waals surface area contributed by atoms with Gasteiger partial charge in [-0.3, -0.25) is 4.68 Å². The van der Waals surface area contributed by atoms with E-state index in [1.807, 2.05) is 6.20 Å². The van der Waals surface area contributed by atoms with Crippen molar-refractivity contribution in [3.8, 4) is 11.3 Å². The van der Waals surface area contributed by atoms with Crippen molar-refractivity contribution in [3.05, 3.63) is 42.1 Å². The van der Waals surface area contributed by atoms with Crippen molar-refractivity contribution in [2.24, 2.45) is 0 Å². The van der Waals surface area contributed by atoms with Crippen LogP contribution in [0.1, 0.15) is 32.8 Å². The Bertz CT molecular complexity index is 514. The molecule has 0 aliphatic rings. The second-order valence-electron chi connectivity index (χ2n) is 5.13. The average Bonchev–Trinajstić information content (AvgIpc) is 2.85. The summed E-state index contributed by atoms with van der Waals surface area (Å²) in [5, 5.41) is 7.90. The van der Waals surface area contributed by atoms with E-state index in [2.05, 4.69) is 66.2 Å². The second-order valence-corrected chi connectivity index (χ2v) is 5.13. The molecule has 0 amide bonds. The van der Waals surface area contributed by atoms with Crippen LogP contribution in [0.4, 0.5) is 0 Å². The van der Waals surface area contributed by atoms with E-state index < -0.39 is 0 Å². The van der Waals surface area contributed by atoms with Gasteiger partial charge in [-0.25, -0.2) is 0 Å². The zero-order valence-electron chi connectivity index (χ0n) is 12.1. The van der Waals surface area contributed by atoms with Gasteiger partial charge < -0.3 is 5.32 Å². The van der Waals surface area contributed by atoms with Gasteiger partial charge in [-0.2, -0.15) is 5.10 Å². The first-order valence-electron chi connectivity index (χ1n) is 7.05. The number of aryl methyl sites for hydroxylation is 1. The molecule has 0 fully saturated rings. The molecule has 0 bridgehead atoms. The average molecular weight is 257 g/mol. The molecular weight excluding hydrogens is 234 g/mol. The van der Waals surface area contributed by atoms with Gasteiger partial charge in [0.25, 0.3) is 0 Å². The molecule has 1 aromatic carbocycles. The number of rotatable bonds is 6. The van der Waals surface area contributed by atoms with Crippen molar-refractivity contribution in [3.63, 3.8) is 0 Å². The fourth-order valence-electron chi connectivity index (χ4n) is 2.19. The van der Waals surface area contributed by atoms with Crippen molar-refractivity contribution in [1.29, 1.82) is 0 Å². The number of hydrogen-bond donors (Lipinski definition) is 1. The van der Waals surface area contributed by atoms with Crippen molar-refractivity contribution < 1.29 is 0 Å². The Morgan fingerprint density at radius 1 is 1.21 bits per heavy atom. The van der Waals surface area contributed by atoms with Crippen LogP contribution in [0.15, 0.2) is 36.5 Å². The summed E-state index contributed by atoms with van der Waals surface area (Å²) in [5.41, 5.74) is 3.82. The molecule has 0 spiro atoms. The number of hydrogen-bond acceptors (Lipinski definition) is 2. The molecule has 1 aromatic heterocycles. The summed E-state index contributed by atoms with van der Waals surface area (Å²) in [6.45, 7) is 8.38. The predicted octanol–water partition coefficient (Wildman–Crippen LogP) is 3.46. The van der Waals surface area contributed by atoms with Crippen LogP contribution >= 0.6 is 0 Å². The molecule has 3 nitrogen and oxygen atoms in total. The maximum Gasteiger partial charge on any atom is 0.0685 e. The van der Waals surface area contributed by atoms with Gasteiger partial charge in [0.05, 0.1) is 5.69 Å². The molecule has 19 heavy (non-hydrogen) atoms. The molecule has 2 rings (SSSR count). The summed E-state index contributed by atoms with van der Waals surface area (Å²) in [4.78, 5) is 0. The molecule has 3 heteroatoms. The Hall–Kier alpha value is -1.61. The van der Waals surface area contributed by atoms with E-state index in [4.69, 9.17) is 0 Å². The SMILES string of the molecule is CCCn1nccc1-c1ccccc1CNC(C)C. The topological polar surface area (TPSA) is 29.9 Å². The van der Waals surface area contributed by atoms with Crippen LogP contribution in [0.25, 0.3) is 11.3 Å². The van der Waals surface area contributed by atoms with E-state index in [9.17, 15) is 0 Å². The molecule has 0 saturated carbocycles. The fourth-order valence-corrected chi connectivity index (χ4v) is 2.19. The van der Waals surface area contributed by atoms with Gasteiger partial charge >= 0.3 is 0 Å². The third kappa shape index (κ3) is 3.44. The molecule has 1 heterocycles. The maximum atomic E-state index is 4.41. The third-order valence-corrected chi connectivity index (χ3v) is 3.15. The van der Waals surface area contributed by atoms with Gasteiger partial charge in [-0.1, -0.05) is 45.0 Å². The normalized spacial score (nSPS) is 11.2. The summed E-state index contributed by atoms with van der Waals surface area (Å²) in [6, 6.07) is 11.2. The summed E-state index contributed by atoms with van der Waals surface area (Å²) in [6.07, 6.45) is 2.98. The number of aromatic nitrogens is 2. The highest BCUT2D eigenvalue weighted by Gasteiger charge is 2.09. The molecule has 2 aromatic rings. The standard InChI is InChI=1S/C16H23N3/c1-4-11-19-16(9-10-18-19)15-8-6-5-7-14(15)12-17-13(2)3/h5-10,13,17H,4,11-12H2,1-3H3.